The summed E-state index contributed by atoms with van der Waals surface area (Å²) in [4.78, 5) is 4.27. The molecule has 0 amide bonds. The molecule has 1 fully saturated rings. The Morgan fingerprint density at radius 3 is 2.46 bits per heavy atom. The molecule has 0 atom stereocenters. The van der Waals surface area contributed by atoms with Gasteiger partial charge in [0.25, 0.3) is 0 Å². The van der Waals surface area contributed by atoms with E-state index in [0.29, 0.717) is 38.9 Å². The van der Waals surface area contributed by atoms with E-state index in [4.69, 9.17) is 4.74 Å². The number of halogens is 1. The zero-order valence-electron chi connectivity index (χ0n) is 16.1. The average molecular weight is 520 g/mol. The van der Waals surface area contributed by atoms with Crippen molar-refractivity contribution < 1.29 is 13.2 Å². The van der Waals surface area contributed by atoms with Gasteiger partial charge in [0.2, 0.25) is 10.0 Å². The van der Waals surface area contributed by atoms with Crippen LogP contribution in [0.2, 0.25) is 0 Å². The van der Waals surface area contributed by atoms with Gasteiger partial charge in [0, 0.05) is 32.7 Å². The standard InChI is InChI=1S/C19H28N4O3S.HI/c1-20-19(22-18-8-4-5-9-18)21-14-16-6-2-3-7-17(16)15-27(24,25)23-10-12-26-13-11-23;/h2-7,18H,8-15H2,1H3,(H2,20,21,22);1H. The van der Waals surface area contributed by atoms with Gasteiger partial charge < -0.3 is 15.4 Å². The van der Waals surface area contributed by atoms with Crippen LogP contribution in [0.1, 0.15) is 24.0 Å². The Morgan fingerprint density at radius 1 is 1.18 bits per heavy atom. The number of aliphatic imine (C=N–C) groups is 1. The summed E-state index contributed by atoms with van der Waals surface area (Å²) in [6.45, 7) is 2.29. The number of nitrogens with one attached hydrogen (secondary N) is 2. The highest BCUT2D eigenvalue weighted by Crippen LogP contribution is 2.17. The first-order chi connectivity index (χ1) is 13.1. The minimum Gasteiger partial charge on any atom is -0.379 e. The van der Waals surface area contributed by atoms with Crippen molar-refractivity contribution in [1.82, 2.24) is 14.9 Å². The van der Waals surface area contributed by atoms with Gasteiger partial charge in [0.15, 0.2) is 5.96 Å². The molecule has 156 valence electrons. The Labute approximate surface area is 184 Å². The van der Waals surface area contributed by atoms with Gasteiger partial charge >= 0.3 is 0 Å². The van der Waals surface area contributed by atoms with Crippen molar-refractivity contribution in [2.24, 2.45) is 4.99 Å². The Hall–Kier alpha value is -1.17. The number of ether oxygens (including phenoxy) is 1. The fourth-order valence-electron chi connectivity index (χ4n) is 3.29. The second kappa shape index (κ2) is 11.1. The highest BCUT2D eigenvalue weighted by Gasteiger charge is 2.25. The summed E-state index contributed by atoms with van der Waals surface area (Å²) in [7, 11) is -1.61. The van der Waals surface area contributed by atoms with E-state index in [1.54, 1.807) is 7.05 Å². The summed E-state index contributed by atoms with van der Waals surface area (Å²) in [6, 6.07) is 8.02. The lowest BCUT2D eigenvalue weighted by atomic mass is 10.1. The molecule has 0 saturated carbocycles. The zero-order chi connectivity index (χ0) is 19.1. The molecule has 3 rings (SSSR count). The molecule has 28 heavy (non-hydrogen) atoms. The number of morpholine rings is 1. The maximum absolute atomic E-state index is 12.7. The molecule has 1 saturated heterocycles. The van der Waals surface area contributed by atoms with E-state index >= 15 is 0 Å². The van der Waals surface area contributed by atoms with Crippen LogP contribution in [-0.4, -0.2) is 58.1 Å². The number of nitrogens with zero attached hydrogens (tertiary/aromatic N) is 2. The lowest BCUT2D eigenvalue weighted by molar-refractivity contribution is 0.0729. The quantitative estimate of drug-likeness (QED) is 0.259. The normalized spacial score (nSPS) is 18.7. The third-order valence-electron chi connectivity index (χ3n) is 4.84. The van der Waals surface area contributed by atoms with E-state index < -0.39 is 10.0 Å². The van der Waals surface area contributed by atoms with Crippen molar-refractivity contribution in [2.45, 2.75) is 31.2 Å². The molecule has 2 aliphatic rings. The van der Waals surface area contributed by atoms with Crippen LogP contribution in [0, 0.1) is 0 Å². The minimum absolute atomic E-state index is 0. The molecule has 0 radical (unpaired) electrons. The van der Waals surface area contributed by atoms with Crippen molar-refractivity contribution >= 4 is 40.0 Å². The molecular formula is C19H29IN4O3S. The largest absolute Gasteiger partial charge is 0.379 e. The van der Waals surface area contributed by atoms with E-state index in [1.165, 1.54) is 4.31 Å². The van der Waals surface area contributed by atoms with Crippen LogP contribution >= 0.6 is 24.0 Å². The molecule has 0 bridgehead atoms. The Kier molecular flexibility index (Phi) is 9.19. The van der Waals surface area contributed by atoms with Crippen molar-refractivity contribution in [3.8, 4) is 0 Å². The average Bonchev–Trinajstić information content (AvgIpc) is 3.20. The lowest BCUT2D eigenvalue weighted by Crippen LogP contribution is -2.42. The summed E-state index contributed by atoms with van der Waals surface area (Å²) in [6.07, 6.45) is 6.32. The Bertz CT molecular complexity index is 784. The van der Waals surface area contributed by atoms with Gasteiger partial charge in [-0.1, -0.05) is 36.4 Å². The molecule has 1 aromatic rings. The van der Waals surface area contributed by atoms with Crippen molar-refractivity contribution in [3.63, 3.8) is 0 Å². The predicted octanol–water partition coefficient (Wildman–Crippen LogP) is 1.85. The van der Waals surface area contributed by atoms with Crippen molar-refractivity contribution in [2.75, 3.05) is 33.4 Å². The fourth-order valence-corrected chi connectivity index (χ4v) is 4.85. The molecule has 1 heterocycles. The lowest BCUT2D eigenvalue weighted by Gasteiger charge is -2.26. The topological polar surface area (TPSA) is 83.0 Å². The van der Waals surface area contributed by atoms with Crippen LogP contribution in [0.4, 0.5) is 0 Å². The number of sulfonamides is 1. The summed E-state index contributed by atoms with van der Waals surface area (Å²) in [5.41, 5.74) is 1.77. The summed E-state index contributed by atoms with van der Waals surface area (Å²) in [5.74, 6) is 0.734. The molecule has 0 aromatic heterocycles. The van der Waals surface area contributed by atoms with Crippen LogP contribution in [0.25, 0.3) is 0 Å². The van der Waals surface area contributed by atoms with Gasteiger partial charge in [0.05, 0.1) is 19.0 Å². The second-order valence-corrected chi connectivity index (χ2v) is 8.72. The fraction of sp³-hybridized carbons (Fsp3) is 0.526. The number of guanidine groups is 1. The van der Waals surface area contributed by atoms with Gasteiger partial charge in [-0.3, -0.25) is 4.99 Å². The molecule has 1 aliphatic carbocycles. The maximum Gasteiger partial charge on any atom is 0.218 e. The number of rotatable bonds is 6. The first-order valence-electron chi connectivity index (χ1n) is 9.33. The summed E-state index contributed by atoms with van der Waals surface area (Å²) >= 11 is 0. The van der Waals surface area contributed by atoms with Gasteiger partial charge in [-0.15, -0.1) is 24.0 Å². The molecule has 9 heteroatoms. The van der Waals surface area contributed by atoms with Gasteiger partial charge in [-0.25, -0.2) is 8.42 Å². The molecule has 0 unspecified atom stereocenters. The van der Waals surface area contributed by atoms with Crippen molar-refractivity contribution in [3.05, 3.63) is 47.5 Å². The third kappa shape index (κ3) is 6.43. The summed E-state index contributed by atoms with van der Waals surface area (Å²) in [5, 5.41) is 6.69. The first kappa shape index (κ1) is 23.1. The van der Waals surface area contributed by atoms with Crippen LogP contribution in [0.3, 0.4) is 0 Å². The highest BCUT2D eigenvalue weighted by molar-refractivity contribution is 14.0. The van der Waals surface area contributed by atoms with Crippen LogP contribution in [0.5, 0.6) is 0 Å². The molecule has 1 aromatic carbocycles. The van der Waals surface area contributed by atoms with Crippen LogP contribution < -0.4 is 10.6 Å². The maximum atomic E-state index is 12.7. The Morgan fingerprint density at radius 2 is 1.82 bits per heavy atom. The predicted molar refractivity (Wildman–Crippen MR) is 122 cm³/mol. The first-order valence-corrected chi connectivity index (χ1v) is 10.9. The molecular weight excluding hydrogens is 491 g/mol. The van der Waals surface area contributed by atoms with Crippen molar-refractivity contribution in [1.29, 1.82) is 0 Å². The van der Waals surface area contributed by atoms with E-state index in [0.717, 1.165) is 29.9 Å². The SMILES string of the molecule is CN=C(NCc1ccccc1CS(=O)(=O)N1CCOCC1)NC1CC=CC1.I. The monoisotopic (exact) mass is 520 g/mol. The third-order valence-corrected chi connectivity index (χ3v) is 6.67. The van der Waals surface area contributed by atoms with Gasteiger partial charge in [-0.2, -0.15) is 4.31 Å². The molecule has 2 N–H and O–H groups in total. The van der Waals surface area contributed by atoms with E-state index in [9.17, 15) is 8.42 Å². The second-order valence-electron chi connectivity index (χ2n) is 6.75. The molecule has 1 aliphatic heterocycles. The van der Waals surface area contributed by atoms with Gasteiger partial charge in [-0.05, 0) is 24.0 Å². The number of hydrogen-bond donors (Lipinski definition) is 2. The van der Waals surface area contributed by atoms with Gasteiger partial charge in [0.1, 0.15) is 0 Å². The minimum atomic E-state index is -3.35. The summed E-state index contributed by atoms with van der Waals surface area (Å²) < 4.78 is 32.3. The van der Waals surface area contributed by atoms with E-state index in [-0.39, 0.29) is 29.7 Å². The van der Waals surface area contributed by atoms with E-state index in [1.807, 2.05) is 24.3 Å². The number of hydrogen-bond acceptors (Lipinski definition) is 4. The van der Waals surface area contributed by atoms with E-state index in [2.05, 4.69) is 27.8 Å². The Balaban J connectivity index is 0.00000280. The van der Waals surface area contributed by atoms with Crippen LogP contribution in [-0.2, 0) is 27.1 Å². The number of benzene rings is 1. The smallest absolute Gasteiger partial charge is 0.218 e. The zero-order valence-corrected chi connectivity index (χ0v) is 19.3. The molecule has 0 spiro atoms. The van der Waals surface area contributed by atoms with Crippen LogP contribution in [0.15, 0.2) is 41.4 Å². The molecule has 7 nitrogen and oxygen atoms in total. The highest BCUT2D eigenvalue weighted by atomic mass is 127.